The molecule has 9 rings (SSSR count). The van der Waals surface area contributed by atoms with Gasteiger partial charge >= 0.3 is 0 Å². The number of hydrogen-bond donors (Lipinski definition) is 0. The van der Waals surface area contributed by atoms with E-state index in [4.69, 9.17) is 0 Å². The van der Waals surface area contributed by atoms with Crippen LogP contribution in [0.2, 0.25) is 0 Å². The molecule has 0 radical (unpaired) electrons. The summed E-state index contributed by atoms with van der Waals surface area (Å²) >= 11 is 3.88. The molecule has 0 aliphatic carbocycles. The number of anilines is 3. The van der Waals surface area contributed by atoms with Gasteiger partial charge in [-0.15, -0.1) is 0 Å². The van der Waals surface area contributed by atoms with Crippen LogP contribution in [-0.2, 0) is 0 Å². The molecule has 0 N–H and O–H groups in total. The van der Waals surface area contributed by atoms with Crippen molar-refractivity contribution < 1.29 is 0 Å². The predicted octanol–water partition coefficient (Wildman–Crippen LogP) is 14.9. The van der Waals surface area contributed by atoms with Gasteiger partial charge < -0.3 is 4.90 Å². The summed E-state index contributed by atoms with van der Waals surface area (Å²) in [5, 5.41) is 5.07. The summed E-state index contributed by atoms with van der Waals surface area (Å²) in [7, 11) is 0. The van der Waals surface area contributed by atoms with E-state index in [1.165, 1.54) is 54.9 Å². The Morgan fingerprint density at radius 1 is 0.288 bits per heavy atom. The van der Waals surface area contributed by atoms with Crippen molar-refractivity contribution in [2.75, 3.05) is 4.90 Å². The van der Waals surface area contributed by atoms with Crippen molar-refractivity contribution in [3.8, 4) is 44.5 Å². The van der Waals surface area contributed by atoms with Gasteiger partial charge in [-0.05, 0) is 115 Å². The van der Waals surface area contributed by atoms with Crippen LogP contribution >= 0.6 is 15.9 Å². The highest BCUT2D eigenvalue weighted by molar-refractivity contribution is 9.10. The van der Waals surface area contributed by atoms with Crippen LogP contribution < -0.4 is 4.90 Å². The second kappa shape index (κ2) is 13.8. The van der Waals surface area contributed by atoms with E-state index < -0.39 is 0 Å². The Morgan fingerprint density at radius 2 is 0.712 bits per heavy atom. The van der Waals surface area contributed by atoms with E-state index in [1.807, 2.05) is 0 Å². The molecular formula is C50H34BrN. The third-order valence-corrected chi connectivity index (χ3v) is 10.6. The van der Waals surface area contributed by atoms with Crippen LogP contribution in [0.1, 0.15) is 0 Å². The van der Waals surface area contributed by atoms with Gasteiger partial charge in [0, 0.05) is 21.5 Å². The summed E-state index contributed by atoms with van der Waals surface area (Å²) in [5.74, 6) is 0. The van der Waals surface area contributed by atoms with Crippen molar-refractivity contribution in [3.05, 3.63) is 211 Å². The van der Waals surface area contributed by atoms with Crippen molar-refractivity contribution in [2.24, 2.45) is 0 Å². The van der Waals surface area contributed by atoms with Crippen LogP contribution in [0, 0.1) is 0 Å². The van der Waals surface area contributed by atoms with Crippen LogP contribution in [0.3, 0.4) is 0 Å². The molecule has 0 spiro atoms. The van der Waals surface area contributed by atoms with Gasteiger partial charge in [0.05, 0.1) is 0 Å². The molecule has 2 heteroatoms. The van der Waals surface area contributed by atoms with Gasteiger partial charge in [0.2, 0.25) is 0 Å². The predicted molar refractivity (Wildman–Crippen MR) is 226 cm³/mol. The molecule has 0 bridgehead atoms. The first-order valence-electron chi connectivity index (χ1n) is 17.6. The molecule has 1 nitrogen and oxygen atoms in total. The molecule has 52 heavy (non-hydrogen) atoms. The zero-order valence-electron chi connectivity index (χ0n) is 28.5. The zero-order valence-corrected chi connectivity index (χ0v) is 30.0. The molecule has 0 fully saturated rings. The largest absolute Gasteiger partial charge is 0.310 e. The molecule has 0 heterocycles. The summed E-state index contributed by atoms with van der Waals surface area (Å²) in [4.78, 5) is 2.35. The lowest BCUT2D eigenvalue weighted by Gasteiger charge is -2.27. The van der Waals surface area contributed by atoms with Crippen molar-refractivity contribution >= 4 is 54.5 Å². The topological polar surface area (TPSA) is 3.24 Å². The van der Waals surface area contributed by atoms with Gasteiger partial charge in [-0.2, -0.15) is 0 Å². The molecule has 0 aliphatic heterocycles. The fourth-order valence-corrected chi connectivity index (χ4v) is 7.79. The number of benzene rings is 9. The minimum Gasteiger partial charge on any atom is -0.310 e. The number of hydrogen-bond acceptors (Lipinski definition) is 1. The van der Waals surface area contributed by atoms with E-state index in [2.05, 4.69) is 227 Å². The van der Waals surface area contributed by atoms with Crippen LogP contribution in [-0.4, -0.2) is 0 Å². The van der Waals surface area contributed by atoms with Crippen molar-refractivity contribution in [3.63, 3.8) is 0 Å². The Balaban J connectivity index is 1.14. The fraction of sp³-hybridized carbons (Fsp3) is 0. The molecule has 0 unspecified atom stereocenters. The highest BCUT2D eigenvalue weighted by atomic mass is 79.9. The highest BCUT2D eigenvalue weighted by Gasteiger charge is 2.17. The van der Waals surface area contributed by atoms with Crippen molar-refractivity contribution in [1.82, 2.24) is 0 Å². The Morgan fingerprint density at radius 3 is 1.33 bits per heavy atom. The lowest BCUT2D eigenvalue weighted by molar-refractivity contribution is 1.28. The lowest BCUT2D eigenvalue weighted by Crippen LogP contribution is -2.10. The first-order valence-corrected chi connectivity index (χ1v) is 18.4. The third kappa shape index (κ3) is 6.08. The number of halogens is 1. The maximum Gasteiger partial charge on any atom is 0.0468 e. The van der Waals surface area contributed by atoms with E-state index in [0.717, 1.165) is 32.7 Å². The quantitative estimate of drug-likeness (QED) is 0.148. The minimum absolute atomic E-state index is 1.06. The molecule has 9 aromatic rings. The molecule has 9 aromatic carbocycles. The Hall–Kier alpha value is -6.22. The monoisotopic (exact) mass is 727 g/mol. The molecule has 0 amide bonds. The highest BCUT2D eigenvalue weighted by Crippen LogP contribution is 2.42. The molecular weight excluding hydrogens is 694 g/mol. The molecule has 0 atom stereocenters. The summed E-state index contributed by atoms with van der Waals surface area (Å²) in [6.45, 7) is 0. The Bertz CT molecular complexity index is 2650. The lowest BCUT2D eigenvalue weighted by atomic mass is 9.93. The minimum atomic E-state index is 1.06. The van der Waals surface area contributed by atoms with Gasteiger partial charge in [-0.1, -0.05) is 174 Å². The third-order valence-electron chi connectivity index (χ3n) is 9.95. The zero-order chi connectivity index (χ0) is 34.9. The summed E-state index contributed by atoms with van der Waals surface area (Å²) in [5.41, 5.74) is 12.8. The van der Waals surface area contributed by atoms with E-state index in [9.17, 15) is 0 Å². The standard InChI is InChI=1S/C50H34BrN/c51-50-32-31-44(34-49(50)40-21-19-37(20-22-40)35-11-3-1-4-12-35)52(42-27-23-38(24-28-42)36-13-5-2-6-14-36)43-29-25-39(26-30-43)48-33-41-15-7-8-16-45(41)46-17-9-10-18-47(46)48/h1-34H. The number of nitrogens with zero attached hydrogens (tertiary/aromatic N) is 1. The van der Waals surface area contributed by atoms with Crippen molar-refractivity contribution in [1.29, 1.82) is 0 Å². The van der Waals surface area contributed by atoms with E-state index in [1.54, 1.807) is 0 Å². The molecule has 0 saturated heterocycles. The van der Waals surface area contributed by atoms with E-state index in [0.29, 0.717) is 0 Å². The van der Waals surface area contributed by atoms with Gasteiger partial charge in [0.1, 0.15) is 0 Å². The Labute approximate surface area is 313 Å². The summed E-state index contributed by atoms with van der Waals surface area (Å²) < 4.78 is 1.06. The first-order chi connectivity index (χ1) is 25.7. The summed E-state index contributed by atoms with van der Waals surface area (Å²) in [6.07, 6.45) is 0. The SMILES string of the molecule is Brc1ccc(N(c2ccc(-c3ccccc3)cc2)c2ccc(-c3cc4ccccc4c4ccccc34)cc2)cc1-c1ccc(-c2ccccc2)cc1. The smallest absolute Gasteiger partial charge is 0.0468 e. The molecule has 0 saturated carbocycles. The van der Waals surface area contributed by atoms with Crippen LogP contribution in [0.4, 0.5) is 17.1 Å². The van der Waals surface area contributed by atoms with Crippen molar-refractivity contribution in [2.45, 2.75) is 0 Å². The van der Waals surface area contributed by atoms with E-state index in [-0.39, 0.29) is 0 Å². The molecule has 246 valence electrons. The van der Waals surface area contributed by atoms with Crippen LogP contribution in [0.25, 0.3) is 66.1 Å². The maximum absolute atomic E-state index is 3.88. The van der Waals surface area contributed by atoms with Gasteiger partial charge in [0.15, 0.2) is 0 Å². The average molecular weight is 729 g/mol. The maximum atomic E-state index is 3.88. The second-order valence-electron chi connectivity index (χ2n) is 13.1. The second-order valence-corrected chi connectivity index (χ2v) is 13.9. The van der Waals surface area contributed by atoms with Gasteiger partial charge in [0.25, 0.3) is 0 Å². The van der Waals surface area contributed by atoms with E-state index >= 15 is 0 Å². The summed E-state index contributed by atoms with van der Waals surface area (Å²) in [6, 6.07) is 74.2. The van der Waals surface area contributed by atoms with Gasteiger partial charge in [-0.25, -0.2) is 0 Å². The number of rotatable bonds is 7. The van der Waals surface area contributed by atoms with Crippen LogP contribution in [0.15, 0.2) is 211 Å². The average Bonchev–Trinajstić information content (AvgIpc) is 3.22. The molecule has 0 aliphatic rings. The molecule has 0 aromatic heterocycles. The number of fused-ring (bicyclic) bond motifs is 3. The van der Waals surface area contributed by atoms with Crippen LogP contribution in [0.5, 0.6) is 0 Å². The Kier molecular flexibility index (Phi) is 8.44. The first kappa shape index (κ1) is 31.7. The van der Waals surface area contributed by atoms with Gasteiger partial charge in [-0.3, -0.25) is 0 Å². The normalized spacial score (nSPS) is 11.2. The fourth-order valence-electron chi connectivity index (χ4n) is 7.31.